The van der Waals surface area contributed by atoms with Gasteiger partial charge in [-0.25, -0.2) is 9.69 Å². The molecule has 0 atom stereocenters. The van der Waals surface area contributed by atoms with Crippen molar-refractivity contribution in [2.45, 2.75) is 19.3 Å². The molecule has 0 unspecified atom stereocenters. The van der Waals surface area contributed by atoms with Crippen molar-refractivity contribution >= 4 is 35.3 Å². The van der Waals surface area contributed by atoms with Crippen molar-refractivity contribution in [1.29, 1.82) is 0 Å². The van der Waals surface area contributed by atoms with Gasteiger partial charge in [-0.05, 0) is 55.2 Å². The fourth-order valence-electron chi connectivity index (χ4n) is 3.95. The molecule has 2 aliphatic heterocycles. The normalized spacial score (nSPS) is 18.1. The molecule has 1 N–H and O–H groups in total. The Morgan fingerprint density at radius 3 is 2.28 bits per heavy atom. The van der Waals surface area contributed by atoms with Gasteiger partial charge >= 0.3 is 6.03 Å². The van der Waals surface area contributed by atoms with Crippen molar-refractivity contribution in [2.75, 3.05) is 37.1 Å². The average molecular weight is 435 g/mol. The lowest BCUT2D eigenvalue weighted by atomic mass is 10.1. The Hall–Kier alpha value is -3.81. The van der Waals surface area contributed by atoms with Gasteiger partial charge in [0.1, 0.15) is 17.1 Å². The molecule has 2 saturated heterocycles. The molecule has 0 spiro atoms. The highest BCUT2D eigenvalue weighted by atomic mass is 16.5. The average Bonchev–Trinajstić information content (AvgIpc) is 2.82. The quantitative estimate of drug-likeness (QED) is 0.572. The van der Waals surface area contributed by atoms with E-state index in [1.54, 1.807) is 12.1 Å². The molecule has 2 aliphatic rings. The number of benzene rings is 2. The third-order valence-electron chi connectivity index (χ3n) is 5.65. The zero-order valence-electron chi connectivity index (χ0n) is 18.1. The number of rotatable bonds is 5. The fourth-order valence-corrected chi connectivity index (χ4v) is 3.95. The molecule has 166 valence electrons. The molecule has 4 rings (SSSR count). The van der Waals surface area contributed by atoms with Crippen LogP contribution in [0.3, 0.4) is 0 Å². The molecule has 0 bridgehead atoms. The van der Waals surface area contributed by atoms with E-state index in [1.165, 1.54) is 45.6 Å². The number of hydrogen-bond donors (Lipinski definition) is 1. The van der Waals surface area contributed by atoms with Crippen LogP contribution in [0.2, 0.25) is 0 Å². The number of carbonyl (C=O) groups excluding carboxylic acids is 3. The van der Waals surface area contributed by atoms with Crippen LogP contribution in [0.4, 0.5) is 16.2 Å². The number of piperidine rings is 1. The minimum absolute atomic E-state index is 0.131. The van der Waals surface area contributed by atoms with E-state index in [0.717, 1.165) is 23.7 Å². The second-order valence-corrected chi connectivity index (χ2v) is 7.63. The minimum Gasteiger partial charge on any atom is -0.497 e. The standard InChI is InChI=1S/C24H25N3O5/c1-31-18-10-11-20(21(15-18)32-2)27-23(29)19(22(28)25-24(27)30)14-16-6-8-17(9-7-16)26-12-4-3-5-13-26/h6-11,14-15H,3-5,12-13H2,1-2H3,(H,25,28,30)/b19-14+. The highest BCUT2D eigenvalue weighted by Gasteiger charge is 2.38. The van der Waals surface area contributed by atoms with E-state index in [2.05, 4.69) is 10.2 Å². The Morgan fingerprint density at radius 2 is 1.62 bits per heavy atom. The maximum Gasteiger partial charge on any atom is 0.336 e. The van der Waals surface area contributed by atoms with E-state index < -0.39 is 17.8 Å². The molecular formula is C24H25N3O5. The number of nitrogens with one attached hydrogen (secondary N) is 1. The molecule has 0 aliphatic carbocycles. The Bertz CT molecular complexity index is 1070. The molecule has 2 aromatic rings. The Labute approximate surface area is 186 Å². The zero-order valence-corrected chi connectivity index (χ0v) is 18.1. The van der Waals surface area contributed by atoms with E-state index in [1.807, 2.05) is 24.3 Å². The van der Waals surface area contributed by atoms with Crippen LogP contribution in [-0.4, -0.2) is 45.2 Å². The van der Waals surface area contributed by atoms with Gasteiger partial charge < -0.3 is 14.4 Å². The second-order valence-electron chi connectivity index (χ2n) is 7.63. The summed E-state index contributed by atoms with van der Waals surface area (Å²) in [4.78, 5) is 41.4. The van der Waals surface area contributed by atoms with Gasteiger partial charge in [0, 0.05) is 24.8 Å². The summed E-state index contributed by atoms with van der Waals surface area (Å²) in [5, 5.41) is 2.24. The smallest absolute Gasteiger partial charge is 0.336 e. The predicted octanol–water partition coefficient (Wildman–Crippen LogP) is 3.36. The molecule has 2 heterocycles. The van der Waals surface area contributed by atoms with Crippen molar-refractivity contribution in [3.63, 3.8) is 0 Å². The molecular weight excluding hydrogens is 410 g/mol. The van der Waals surface area contributed by atoms with Gasteiger partial charge in [0.2, 0.25) is 0 Å². The molecule has 0 radical (unpaired) electrons. The first-order chi connectivity index (χ1) is 15.5. The largest absolute Gasteiger partial charge is 0.497 e. The number of imide groups is 2. The summed E-state index contributed by atoms with van der Waals surface area (Å²) >= 11 is 0. The molecule has 2 aromatic carbocycles. The molecule has 2 fully saturated rings. The van der Waals surface area contributed by atoms with Crippen molar-refractivity contribution < 1.29 is 23.9 Å². The lowest BCUT2D eigenvalue weighted by Gasteiger charge is -2.29. The number of ether oxygens (including phenoxy) is 2. The van der Waals surface area contributed by atoms with E-state index >= 15 is 0 Å². The molecule has 8 heteroatoms. The molecule has 32 heavy (non-hydrogen) atoms. The van der Waals surface area contributed by atoms with Crippen LogP contribution in [-0.2, 0) is 9.59 Å². The second kappa shape index (κ2) is 9.13. The summed E-state index contributed by atoms with van der Waals surface area (Å²) in [6, 6.07) is 11.6. The first-order valence-corrected chi connectivity index (χ1v) is 10.5. The Kier molecular flexibility index (Phi) is 6.11. The number of methoxy groups -OCH3 is 2. The molecule has 0 saturated carbocycles. The number of nitrogens with zero attached hydrogens (tertiary/aromatic N) is 2. The third-order valence-corrected chi connectivity index (χ3v) is 5.65. The number of carbonyl (C=O) groups is 3. The minimum atomic E-state index is -0.832. The zero-order chi connectivity index (χ0) is 22.7. The van der Waals surface area contributed by atoms with Gasteiger partial charge in [-0.1, -0.05) is 12.1 Å². The van der Waals surface area contributed by atoms with Crippen molar-refractivity contribution in [3.8, 4) is 11.5 Å². The Balaban J connectivity index is 1.63. The van der Waals surface area contributed by atoms with Crippen LogP contribution in [0.25, 0.3) is 6.08 Å². The molecule has 4 amide bonds. The van der Waals surface area contributed by atoms with Crippen LogP contribution < -0.4 is 24.6 Å². The summed E-state index contributed by atoms with van der Waals surface area (Å²) in [6.07, 6.45) is 5.11. The summed E-state index contributed by atoms with van der Waals surface area (Å²) < 4.78 is 10.5. The van der Waals surface area contributed by atoms with Gasteiger partial charge in [-0.15, -0.1) is 0 Å². The first kappa shape index (κ1) is 21.4. The topological polar surface area (TPSA) is 88.2 Å². The summed E-state index contributed by atoms with van der Waals surface area (Å²) in [5.74, 6) is -0.672. The maximum atomic E-state index is 13.2. The van der Waals surface area contributed by atoms with Crippen molar-refractivity contribution in [3.05, 3.63) is 53.6 Å². The summed E-state index contributed by atoms with van der Waals surface area (Å²) in [7, 11) is 2.93. The summed E-state index contributed by atoms with van der Waals surface area (Å²) in [6.45, 7) is 2.06. The Morgan fingerprint density at radius 1 is 0.906 bits per heavy atom. The molecule has 8 nitrogen and oxygen atoms in total. The molecule has 0 aromatic heterocycles. The van der Waals surface area contributed by atoms with Gasteiger partial charge in [0.15, 0.2) is 0 Å². The van der Waals surface area contributed by atoms with Crippen LogP contribution in [0, 0.1) is 0 Å². The van der Waals surface area contributed by atoms with E-state index in [0.29, 0.717) is 11.3 Å². The number of amides is 4. The van der Waals surface area contributed by atoms with Gasteiger partial charge in [0.05, 0.1) is 19.9 Å². The maximum absolute atomic E-state index is 13.2. The fraction of sp³-hybridized carbons (Fsp3) is 0.292. The van der Waals surface area contributed by atoms with Crippen LogP contribution in [0.1, 0.15) is 24.8 Å². The van der Waals surface area contributed by atoms with Gasteiger partial charge in [-0.3, -0.25) is 14.9 Å². The van der Waals surface area contributed by atoms with E-state index in [-0.39, 0.29) is 17.0 Å². The number of urea groups is 1. The predicted molar refractivity (Wildman–Crippen MR) is 121 cm³/mol. The lowest BCUT2D eigenvalue weighted by molar-refractivity contribution is -0.122. The monoisotopic (exact) mass is 435 g/mol. The lowest BCUT2D eigenvalue weighted by Crippen LogP contribution is -2.54. The van der Waals surface area contributed by atoms with E-state index in [9.17, 15) is 14.4 Å². The van der Waals surface area contributed by atoms with Gasteiger partial charge in [0.25, 0.3) is 11.8 Å². The van der Waals surface area contributed by atoms with Crippen LogP contribution in [0.5, 0.6) is 11.5 Å². The van der Waals surface area contributed by atoms with Crippen LogP contribution in [0.15, 0.2) is 48.0 Å². The highest BCUT2D eigenvalue weighted by Crippen LogP contribution is 2.34. The van der Waals surface area contributed by atoms with Gasteiger partial charge in [-0.2, -0.15) is 0 Å². The van der Waals surface area contributed by atoms with Crippen molar-refractivity contribution in [1.82, 2.24) is 5.32 Å². The number of hydrogen-bond acceptors (Lipinski definition) is 6. The van der Waals surface area contributed by atoms with Crippen LogP contribution >= 0.6 is 0 Å². The van der Waals surface area contributed by atoms with Crippen molar-refractivity contribution in [2.24, 2.45) is 0 Å². The number of barbiturate groups is 1. The third kappa shape index (κ3) is 4.16. The SMILES string of the molecule is COc1ccc(N2C(=O)NC(=O)/C(=C\c3ccc(N4CCCCC4)cc3)C2=O)c(OC)c1. The first-order valence-electron chi connectivity index (χ1n) is 10.5. The van der Waals surface area contributed by atoms with E-state index in [4.69, 9.17) is 9.47 Å². The number of anilines is 2. The highest BCUT2D eigenvalue weighted by molar-refractivity contribution is 6.39. The summed E-state index contributed by atoms with van der Waals surface area (Å²) in [5.41, 5.74) is 1.90.